The fourth-order valence-electron chi connectivity index (χ4n) is 4.97. The van der Waals surface area contributed by atoms with Gasteiger partial charge in [0.25, 0.3) is 0 Å². The molecule has 0 amide bonds. The second-order valence-electron chi connectivity index (χ2n) is 9.06. The van der Waals surface area contributed by atoms with Crippen molar-refractivity contribution in [3.8, 4) is 0 Å². The van der Waals surface area contributed by atoms with Crippen LogP contribution in [0.2, 0.25) is 3.12 Å². The molecule has 150 valence electrons. The molecule has 0 aliphatic heterocycles. The molecule has 0 aromatic carbocycles. The first-order valence-corrected chi connectivity index (χ1v) is 12.9. The van der Waals surface area contributed by atoms with Gasteiger partial charge in [-0.05, 0) is 0 Å². The van der Waals surface area contributed by atoms with E-state index in [1.807, 2.05) is 3.28 Å². The van der Waals surface area contributed by atoms with Gasteiger partial charge in [-0.2, -0.15) is 0 Å². The molecule has 0 radical (unpaired) electrons. The van der Waals surface area contributed by atoms with Gasteiger partial charge < -0.3 is 24.8 Å². The van der Waals surface area contributed by atoms with Crippen LogP contribution >= 0.6 is 0 Å². The molecule has 3 rings (SSSR count). The van der Waals surface area contributed by atoms with Gasteiger partial charge in [0.2, 0.25) is 0 Å². The molecule has 27 heavy (non-hydrogen) atoms. The summed E-state index contributed by atoms with van der Waals surface area (Å²) in [5, 5.41) is 0. The molecular weight excluding hydrogens is 450 g/mol. The summed E-state index contributed by atoms with van der Waals surface area (Å²) in [7, 11) is 0. The molecule has 1 fully saturated rings. The molecule has 1 atom stereocenters. The summed E-state index contributed by atoms with van der Waals surface area (Å²) in [6.07, 6.45) is 17.8. The normalized spacial score (nSPS) is 27.7. The van der Waals surface area contributed by atoms with E-state index in [0.29, 0.717) is 8.54 Å². The molecule has 1 unspecified atom stereocenters. The van der Waals surface area contributed by atoms with E-state index in [1.165, 1.54) is 44.9 Å². The first-order valence-electron chi connectivity index (χ1n) is 10.4. The molecule has 0 aromatic heterocycles. The van der Waals surface area contributed by atoms with E-state index in [2.05, 4.69) is 59.8 Å². The summed E-state index contributed by atoms with van der Waals surface area (Å²) < 4.78 is 2.26. The predicted molar refractivity (Wildman–Crippen MR) is 106 cm³/mol. The van der Waals surface area contributed by atoms with Crippen LogP contribution in [0.5, 0.6) is 0 Å². The first kappa shape index (κ1) is 25.5. The van der Waals surface area contributed by atoms with Gasteiger partial charge in [-0.25, -0.2) is 0 Å². The summed E-state index contributed by atoms with van der Waals surface area (Å²) in [6, 6.07) is 0. The van der Waals surface area contributed by atoms with Gasteiger partial charge in [0.05, 0.1) is 0 Å². The maximum atomic E-state index is 2.74. The molecule has 0 nitrogen and oxygen atoms in total. The van der Waals surface area contributed by atoms with Crippen molar-refractivity contribution in [2.75, 3.05) is 0 Å². The predicted octanol–water partition coefficient (Wildman–Crippen LogP) is 1.76. The topological polar surface area (TPSA) is 0 Å². The molecular formula is C24H36Cl2Zr. The van der Waals surface area contributed by atoms with Crippen molar-refractivity contribution in [3.63, 3.8) is 0 Å². The van der Waals surface area contributed by atoms with E-state index in [4.69, 9.17) is 0 Å². The number of hydrogen-bond donors (Lipinski definition) is 0. The second kappa shape index (κ2) is 9.95. The van der Waals surface area contributed by atoms with Crippen LogP contribution in [0.1, 0.15) is 86.5 Å². The van der Waals surface area contributed by atoms with Crippen LogP contribution in [0.25, 0.3) is 0 Å². The van der Waals surface area contributed by atoms with E-state index < -0.39 is 23.2 Å². The van der Waals surface area contributed by atoms with Crippen LogP contribution in [0, 0.1) is 11.3 Å². The van der Waals surface area contributed by atoms with Crippen molar-refractivity contribution < 1.29 is 48.0 Å². The zero-order valence-corrected chi connectivity index (χ0v) is 22.0. The Hall–Kier alpha value is 0.423. The van der Waals surface area contributed by atoms with E-state index in [9.17, 15) is 0 Å². The average Bonchev–Trinajstić information content (AvgIpc) is 2.90. The number of hydrogen-bond acceptors (Lipinski definition) is 0. The van der Waals surface area contributed by atoms with Crippen LogP contribution in [-0.4, -0.2) is 0 Å². The van der Waals surface area contributed by atoms with Gasteiger partial charge in [-0.3, -0.25) is 0 Å². The zero-order valence-electron chi connectivity index (χ0n) is 18.0. The molecule has 0 heterocycles. The molecule has 3 heteroatoms. The van der Waals surface area contributed by atoms with E-state index >= 15 is 0 Å². The Morgan fingerprint density at radius 1 is 0.963 bits per heavy atom. The summed E-state index contributed by atoms with van der Waals surface area (Å²) in [5.41, 5.74) is 6.81. The third kappa shape index (κ3) is 4.95. The van der Waals surface area contributed by atoms with Crippen molar-refractivity contribution in [1.82, 2.24) is 0 Å². The fourth-order valence-corrected chi connectivity index (χ4v) is 9.69. The van der Waals surface area contributed by atoms with Gasteiger partial charge in [0, 0.05) is 0 Å². The Balaban J connectivity index is 0.00000182. The van der Waals surface area contributed by atoms with Crippen molar-refractivity contribution in [1.29, 1.82) is 0 Å². The van der Waals surface area contributed by atoms with E-state index in [1.54, 1.807) is 22.3 Å². The zero-order chi connectivity index (χ0) is 18.2. The number of halogens is 2. The molecule has 0 spiro atoms. The molecule has 0 bridgehead atoms. The minimum atomic E-state index is -0.708. The Labute approximate surface area is 191 Å². The third-order valence-corrected chi connectivity index (χ3v) is 13.2. The quantitative estimate of drug-likeness (QED) is 0.532. The van der Waals surface area contributed by atoms with Crippen LogP contribution in [-0.2, 0) is 23.2 Å². The molecule has 0 saturated heterocycles. The Bertz CT molecular complexity index is 658. The largest absolute Gasteiger partial charge is 1.00 e. The SMILES string of the molecule is CC[C]1([Zr+2][C]2=C(C)C(C)=C(C)C2(C)C)C=CC(C2CCCCCC2)=C1.[Cl-].[Cl-]. The van der Waals surface area contributed by atoms with Gasteiger partial charge in [0.1, 0.15) is 0 Å². The van der Waals surface area contributed by atoms with E-state index in [-0.39, 0.29) is 24.8 Å². The van der Waals surface area contributed by atoms with Gasteiger partial charge >= 0.3 is 168 Å². The van der Waals surface area contributed by atoms with Gasteiger partial charge in [0.15, 0.2) is 0 Å². The minimum Gasteiger partial charge on any atom is -1.00 e. The Morgan fingerprint density at radius 3 is 2.04 bits per heavy atom. The fraction of sp³-hybridized carbons (Fsp3) is 0.667. The second-order valence-corrected chi connectivity index (χ2v) is 13.2. The Kier molecular flexibility index (Phi) is 9.39. The Morgan fingerprint density at radius 2 is 1.56 bits per heavy atom. The number of allylic oxidation sites excluding steroid dienone is 8. The molecule has 3 aliphatic rings. The van der Waals surface area contributed by atoms with E-state index in [0.717, 1.165) is 5.92 Å². The molecule has 0 N–H and O–H groups in total. The van der Waals surface area contributed by atoms with Crippen LogP contribution in [0.15, 0.2) is 43.8 Å². The molecule has 3 aliphatic carbocycles. The molecule has 0 aromatic rings. The van der Waals surface area contributed by atoms with Crippen LogP contribution < -0.4 is 24.8 Å². The van der Waals surface area contributed by atoms with Gasteiger partial charge in [-0.1, -0.05) is 0 Å². The van der Waals surface area contributed by atoms with Crippen LogP contribution in [0.3, 0.4) is 0 Å². The summed E-state index contributed by atoms with van der Waals surface area (Å²) >= 11 is -0.708. The molecule has 1 saturated carbocycles. The summed E-state index contributed by atoms with van der Waals surface area (Å²) in [5.74, 6) is 0.847. The smallest absolute Gasteiger partial charge is 1.00 e. The maximum Gasteiger partial charge on any atom is -1.00 e. The first-order chi connectivity index (χ1) is 11.8. The van der Waals surface area contributed by atoms with Crippen molar-refractivity contribution in [3.05, 3.63) is 43.8 Å². The number of rotatable bonds is 4. The minimum absolute atomic E-state index is 0. The monoisotopic (exact) mass is 484 g/mol. The van der Waals surface area contributed by atoms with Crippen molar-refractivity contribution in [2.45, 2.75) is 89.6 Å². The summed E-state index contributed by atoms with van der Waals surface area (Å²) in [4.78, 5) is 0. The van der Waals surface area contributed by atoms with Crippen molar-refractivity contribution >= 4 is 0 Å². The van der Waals surface area contributed by atoms with Crippen LogP contribution in [0.4, 0.5) is 0 Å². The third-order valence-electron chi connectivity index (χ3n) is 7.33. The summed E-state index contributed by atoms with van der Waals surface area (Å²) in [6.45, 7) is 14.5. The van der Waals surface area contributed by atoms with Crippen molar-refractivity contribution in [2.24, 2.45) is 11.3 Å². The van der Waals surface area contributed by atoms with Gasteiger partial charge in [-0.15, -0.1) is 0 Å². The maximum absolute atomic E-state index is 2.74. The average molecular weight is 487 g/mol. The standard InChI is InChI=1S/C14H21.C10H15.2ClH.Zr/c1-2-12-9-10-14(11-12)13-7-5-3-4-6-8-13;1-7-6-10(4,5)9(3)8(7)2;;;/h9-11,13H,2-8H2,1H3;1-5H3;2*1H;/q;;;;+2/p-2.